The van der Waals surface area contributed by atoms with Crippen molar-refractivity contribution in [2.45, 2.75) is 170 Å². The summed E-state index contributed by atoms with van der Waals surface area (Å²) in [5, 5.41) is 18.2. The molecule has 109 heavy (non-hydrogen) atoms. The quantitative estimate of drug-likeness (QED) is 0.0199. The summed E-state index contributed by atoms with van der Waals surface area (Å²) in [6, 6.07) is 0. The molecule has 8 aliphatic rings. The molecule has 0 spiro atoms. The second-order valence-corrected chi connectivity index (χ2v) is 46.0. The Morgan fingerprint density at radius 3 is 1.24 bits per heavy atom. The molecule has 0 radical (unpaired) electrons. The van der Waals surface area contributed by atoms with Crippen LogP contribution in [0.5, 0.6) is 0 Å². The van der Waals surface area contributed by atoms with Crippen molar-refractivity contribution in [3.63, 3.8) is 0 Å². The van der Waals surface area contributed by atoms with E-state index in [2.05, 4.69) is 35.5 Å². The van der Waals surface area contributed by atoms with Gasteiger partial charge in [0.25, 0.3) is 10.1 Å². The number of carbonyl (C=O) groups excluding carboxylic acids is 4. The number of aliphatic hydroxyl groups is 2. The standard InChI is InChI=1S/C9H16O2S.C9H14O2S.C8H16O5S2.C7H13BrO2S.C7H15O4P.C7H14O3S.C7H14OS.C5H8OS.C4H8O.CH3ClO2S.CH4.Al.BH4.BrH.2ClH.2Li.Na.Ni.4H/c2*1-2-11-9(10)7-8-3-5-12-6-4-8;1-14(9,10)13-5-2-8-3-6-15(11,12)7-4-8;8-4-1-7-2-5-11(9,10)6-3-7;1-4-10-7(8)6-12(3,9)11-5-2;8-4-1-7-2-5-11(9,10)6-3-7;8-4-1-7-2-5-9-6-3-7;6-5-1-3-7-4-2-5;1-2-4-5-3-1;1-5(2,3)4;;;;;;;;;;;;;;/h8H,2-7H2,1H3;7H,2-6H2,1H3;8H,2-7H2,1H3;7H,1-6H2;4-6H2,1-3H3;7-8H,1-6H2;7-8H,1-6H2;1-4H2;1-4H2;1H3;1H4;;1H4;3*1H;;;;;;;;/q;;;;;;;;;;;2*-1;;;;3*+1;+2;;;;/p-3. The number of hydrogen-bond donors (Lipinski definition) is 2. The Hall–Kier alpha value is 4.12. The first-order valence-corrected chi connectivity index (χ1v) is 55.4. The van der Waals surface area contributed by atoms with E-state index >= 15 is 0 Å². The summed E-state index contributed by atoms with van der Waals surface area (Å²) in [7, 11) is -3.60. The topological polar surface area (TPSA) is 352 Å². The molecule has 44 heteroatoms. The van der Waals surface area contributed by atoms with Gasteiger partial charge in [-0.05, 0) is 207 Å². The Bertz CT molecular complexity index is 2770. The van der Waals surface area contributed by atoms with Gasteiger partial charge in [0.15, 0.2) is 0 Å². The number of Topliss-reactive ketones (excluding diaryl/α,β-unsaturated/α-hetero) is 1. The molecule has 644 valence electrons. The normalized spacial score (nSPS) is 19.0. The van der Waals surface area contributed by atoms with E-state index in [1.807, 2.05) is 60.9 Å². The van der Waals surface area contributed by atoms with Crippen LogP contribution in [0.25, 0.3) is 0 Å². The van der Waals surface area contributed by atoms with Gasteiger partial charge in [0.2, 0.25) is 16.4 Å². The maximum absolute atomic E-state index is 11.4. The number of alkyl halides is 1. The monoisotopic (exact) mass is 2000 g/mol. The minimum absolute atomic E-state index is 0. The Balaban J connectivity index is -0.000000125. The van der Waals surface area contributed by atoms with Crippen LogP contribution in [0.3, 0.4) is 0 Å². The molecule has 0 bridgehead atoms. The second kappa shape index (κ2) is 84.3. The number of ether oxygens (including phenoxy) is 4. The Morgan fingerprint density at radius 1 is 0.596 bits per heavy atom. The Labute approximate surface area is 772 Å². The van der Waals surface area contributed by atoms with E-state index in [1.165, 1.54) is 73.8 Å². The molecule has 8 rings (SSSR count). The molecule has 0 aromatic carbocycles. The number of halogens is 5. The van der Waals surface area contributed by atoms with Crippen molar-refractivity contribution < 1.29 is 201 Å². The van der Waals surface area contributed by atoms with Crippen LogP contribution >= 0.6 is 101 Å². The second-order valence-electron chi connectivity index (χ2n) is 24.5. The van der Waals surface area contributed by atoms with E-state index in [4.69, 9.17) is 49.3 Å². The van der Waals surface area contributed by atoms with E-state index in [-0.39, 0.29) is 166 Å². The van der Waals surface area contributed by atoms with Gasteiger partial charge in [-0.25, -0.2) is 38.5 Å². The molecular weight excluding hydrogens is 1870 g/mol. The number of carbonyl (C=O) groups is 4. The molecule has 8 aliphatic heterocycles. The number of esters is 3. The zero-order chi connectivity index (χ0) is 77.8. The largest absolute Gasteiger partial charge is 1.00 e. The summed E-state index contributed by atoms with van der Waals surface area (Å²) in [5.74, 6) is 13.9. The molecule has 0 saturated carbocycles. The van der Waals surface area contributed by atoms with Crippen LogP contribution in [0.15, 0.2) is 11.6 Å². The van der Waals surface area contributed by atoms with Crippen LogP contribution in [0, 0.1) is 29.6 Å². The van der Waals surface area contributed by atoms with Crippen molar-refractivity contribution in [2.75, 3.05) is 171 Å². The minimum Gasteiger partial charge on any atom is 1.00 e. The van der Waals surface area contributed by atoms with Crippen LogP contribution in [0.4, 0.5) is 0 Å². The summed E-state index contributed by atoms with van der Waals surface area (Å²) in [4.78, 5) is 43.4. The van der Waals surface area contributed by atoms with Gasteiger partial charge in [-0.3, -0.25) is 23.1 Å². The number of thioether (sulfide) groups is 4. The predicted octanol–water partition coefficient (Wildman–Crippen LogP) is -1.75. The van der Waals surface area contributed by atoms with Gasteiger partial charge in [0.1, 0.15) is 41.5 Å². The maximum atomic E-state index is 11.4. The summed E-state index contributed by atoms with van der Waals surface area (Å²) >= 11 is 11.8. The smallest absolute Gasteiger partial charge is 1.00 e. The minimum atomic E-state index is -3.37. The molecule has 23 nitrogen and oxygen atoms in total. The molecule has 0 aliphatic carbocycles. The number of rotatable bonds is 20. The fourth-order valence-corrected chi connectivity index (χ4v) is 21.4. The molecule has 8 saturated heterocycles. The summed E-state index contributed by atoms with van der Waals surface area (Å²) in [5.41, 5.74) is 1.24. The molecular formula is C65H133AlBBr2Cl3Li2NaNiO23PS9. The van der Waals surface area contributed by atoms with Crippen LogP contribution in [0.1, 0.15) is 170 Å². The van der Waals surface area contributed by atoms with E-state index in [1.54, 1.807) is 19.9 Å². The van der Waals surface area contributed by atoms with Crippen molar-refractivity contribution in [3.8, 4) is 0 Å². The maximum Gasteiger partial charge on any atom is 1.00 e. The predicted molar refractivity (Wildman–Crippen MR) is 454 cm³/mol. The number of hydrogen-bond acceptors (Lipinski definition) is 27. The van der Waals surface area contributed by atoms with Crippen molar-refractivity contribution in [1.82, 2.24) is 0 Å². The van der Waals surface area contributed by atoms with Gasteiger partial charge in [0.05, 0.1) is 80.1 Å². The summed E-state index contributed by atoms with van der Waals surface area (Å²) in [6.07, 6.45) is 23.4. The molecule has 0 aromatic heterocycles. The number of ketones is 1. The van der Waals surface area contributed by atoms with Crippen molar-refractivity contribution in [3.05, 3.63) is 11.6 Å². The van der Waals surface area contributed by atoms with E-state index in [0.717, 1.165) is 131 Å². The van der Waals surface area contributed by atoms with Crippen molar-refractivity contribution in [2.24, 2.45) is 29.6 Å². The Morgan fingerprint density at radius 2 is 0.927 bits per heavy atom. The molecule has 8 heterocycles. The van der Waals surface area contributed by atoms with Crippen LogP contribution in [-0.4, -0.2) is 272 Å². The fourth-order valence-electron chi connectivity index (χ4n) is 10.0. The van der Waals surface area contributed by atoms with Crippen LogP contribution in [-0.2, 0) is 113 Å². The summed E-state index contributed by atoms with van der Waals surface area (Å²) in [6.45, 7) is 12.9. The number of aliphatic hydroxyl groups excluding tert-OH is 2. The van der Waals surface area contributed by atoms with Crippen molar-refractivity contribution in [1.29, 1.82) is 0 Å². The zero-order valence-corrected chi connectivity index (χ0v) is 81.0. The molecule has 1 unspecified atom stereocenters. The third-order valence-corrected chi connectivity index (χ3v) is 27.5. The van der Waals surface area contributed by atoms with Gasteiger partial charge < -0.3 is 50.7 Å². The molecule has 0 amide bonds. The molecule has 0 aromatic rings. The Kier molecular flexibility index (Phi) is 103. The first kappa shape index (κ1) is 134. The SMILES string of the molecule is C.C1CCOC1.CCOC(=O)C=C1CCSCC1.CCOC(=O)CC1CCSCC1.CCOC(=O)CP(C)(=O)OCC.CS(=O)(=O)Cl.CS(=O)(=O)OCCC1CCS(=O)(=O)CC1.O=C1CCSCC1.O=S1(=O)CCC(CCBr)CC1.O=S1(=O)CCC(CCO)CC1.OCCC1CCSCC1.[AlH4-].[BH4-].[Br-].[Cl][Ni][Cl].[Li+].[Li+].[Na+]. The molecule has 1 atom stereocenters. The van der Waals surface area contributed by atoms with Crippen molar-refractivity contribution >= 4 is 200 Å². The fraction of sp³-hybridized carbons (Fsp3) is 0.908. The van der Waals surface area contributed by atoms with Crippen LogP contribution in [0.2, 0.25) is 0 Å². The first-order chi connectivity index (χ1) is 48.0. The van der Waals surface area contributed by atoms with E-state index in [9.17, 15) is 65.8 Å². The average molecular weight is 2000 g/mol. The summed E-state index contributed by atoms with van der Waals surface area (Å²) < 4.78 is 146. The molecule has 8 fully saturated rings. The first-order valence-electron chi connectivity index (χ1n) is 34.7. The number of sulfone groups is 3. The van der Waals surface area contributed by atoms with E-state index in [0.29, 0.717) is 118 Å². The van der Waals surface area contributed by atoms with Gasteiger partial charge in [-0.1, -0.05) is 37.3 Å². The van der Waals surface area contributed by atoms with Crippen LogP contribution < -0.4 is 84.3 Å². The van der Waals surface area contributed by atoms with Gasteiger partial charge in [-0.15, -0.1) is 0 Å². The third-order valence-electron chi connectivity index (χ3n) is 15.6. The van der Waals surface area contributed by atoms with E-state index < -0.39 is 62.0 Å². The van der Waals surface area contributed by atoms with Gasteiger partial charge in [0, 0.05) is 103 Å². The van der Waals surface area contributed by atoms with Gasteiger partial charge >= 0.3 is 118 Å². The molecule has 2 N–H and O–H groups in total. The zero-order valence-electron chi connectivity index (χ0n) is 64.3. The third kappa shape index (κ3) is 95.8. The number of allylic oxidation sites excluding steroid dienone is 1. The average Bonchev–Trinajstić information content (AvgIpc) is 1.05. The van der Waals surface area contributed by atoms with Gasteiger partial charge in [-0.2, -0.15) is 55.5 Å².